The van der Waals surface area contributed by atoms with Crippen molar-refractivity contribution in [1.29, 1.82) is 0 Å². The molecule has 1 aliphatic heterocycles. The van der Waals surface area contributed by atoms with Crippen LogP contribution in [0.5, 0.6) is 0 Å². The second-order valence-corrected chi connectivity index (χ2v) is 5.91. The van der Waals surface area contributed by atoms with E-state index < -0.39 is 12.7 Å². The molecular weight excluding hydrogens is 309 g/mol. The van der Waals surface area contributed by atoms with E-state index in [4.69, 9.17) is 4.74 Å². The van der Waals surface area contributed by atoms with Crippen LogP contribution >= 0.6 is 0 Å². The summed E-state index contributed by atoms with van der Waals surface area (Å²) >= 11 is 0. The van der Waals surface area contributed by atoms with Gasteiger partial charge in [0.1, 0.15) is 12.4 Å². The van der Waals surface area contributed by atoms with Gasteiger partial charge in [-0.15, -0.1) is 0 Å². The number of hydrogen-bond acceptors (Lipinski definition) is 4. The molecule has 2 heterocycles. The summed E-state index contributed by atoms with van der Waals surface area (Å²) in [5.74, 6) is 0.475. The lowest BCUT2D eigenvalue weighted by molar-refractivity contribution is -0.141. The minimum atomic E-state index is -4.22. The Kier molecular flexibility index (Phi) is 6.43. The summed E-state index contributed by atoms with van der Waals surface area (Å²) in [6.07, 6.45) is -0.375. The molecule has 0 spiro atoms. The molecule has 1 aliphatic rings. The maximum atomic E-state index is 12.6. The summed E-state index contributed by atoms with van der Waals surface area (Å²) in [4.78, 5) is 8.68. The van der Waals surface area contributed by atoms with Crippen molar-refractivity contribution in [2.24, 2.45) is 0 Å². The molecular formula is C15H25F3N4O. The zero-order chi connectivity index (χ0) is 16.9. The molecule has 0 aliphatic carbocycles. The van der Waals surface area contributed by atoms with Gasteiger partial charge in [0.05, 0.1) is 13.2 Å². The van der Waals surface area contributed by atoms with Crippen LogP contribution in [0, 0.1) is 0 Å². The van der Waals surface area contributed by atoms with E-state index in [1.807, 2.05) is 0 Å². The van der Waals surface area contributed by atoms with Crippen molar-refractivity contribution >= 4 is 0 Å². The SMILES string of the molecule is CC[C@@H]1CN(Cc2nccn2CC(F)(F)F)CCN1CCOC. The van der Waals surface area contributed by atoms with Crippen LogP contribution in [0.25, 0.3) is 0 Å². The number of ether oxygens (including phenoxy) is 1. The van der Waals surface area contributed by atoms with Crippen molar-refractivity contribution < 1.29 is 17.9 Å². The van der Waals surface area contributed by atoms with Gasteiger partial charge in [-0.05, 0) is 6.42 Å². The molecule has 1 aromatic heterocycles. The van der Waals surface area contributed by atoms with Crippen molar-refractivity contribution in [3.8, 4) is 0 Å². The van der Waals surface area contributed by atoms with E-state index in [1.54, 1.807) is 7.11 Å². The highest BCUT2D eigenvalue weighted by Gasteiger charge is 2.30. The molecule has 0 bridgehead atoms. The Morgan fingerprint density at radius 1 is 1.35 bits per heavy atom. The molecule has 132 valence electrons. The molecule has 1 atom stereocenters. The Labute approximate surface area is 135 Å². The van der Waals surface area contributed by atoms with Gasteiger partial charge in [0, 0.05) is 51.7 Å². The highest BCUT2D eigenvalue weighted by Crippen LogP contribution is 2.20. The fraction of sp³-hybridized carbons (Fsp3) is 0.800. The van der Waals surface area contributed by atoms with Gasteiger partial charge in [-0.1, -0.05) is 6.92 Å². The molecule has 0 aromatic carbocycles. The number of methoxy groups -OCH3 is 1. The van der Waals surface area contributed by atoms with E-state index >= 15 is 0 Å². The number of alkyl halides is 3. The molecule has 5 nitrogen and oxygen atoms in total. The topological polar surface area (TPSA) is 33.5 Å². The molecule has 1 fully saturated rings. The number of hydrogen-bond donors (Lipinski definition) is 0. The van der Waals surface area contributed by atoms with Gasteiger partial charge in [-0.3, -0.25) is 9.80 Å². The summed E-state index contributed by atoms with van der Waals surface area (Å²) in [7, 11) is 1.69. The van der Waals surface area contributed by atoms with Gasteiger partial charge in [0.15, 0.2) is 0 Å². The fourth-order valence-corrected chi connectivity index (χ4v) is 3.02. The van der Waals surface area contributed by atoms with E-state index in [0.717, 1.165) is 32.6 Å². The number of rotatable bonds is 7. The average molecular weight is 334 g/mol. The molecule has 0 radical (unpaired) electrons. The number of piperazine rings is 1. The number of imidazole rings is 1. The van der Waals surface area contributed by atoms with Crippen LogP contribution in [0.15, 0.2) is 12.4 Å². The van der Waals surface area contributed by atoms with Crippen molar-refractivity contribution in [2.75, 3.05) is 39.9 Å². The predicted octanol–water partition coefficient (Wildman–Crippen LogP) is 1.99. The van der Waals surface area contributed by atoms with Gasteiger partial charge in [0.25, 0.3) is 0 Å². The van der Waals surface area contributed by atoms with Crippen LogP contribution in [0.4, 0.5) is 13.2 Å². The van der Waals surface area contributed by atoms with E-state index in [2.05, 4.69) is 21.7 Å². The van der Waals surface area contributed by atoms with Crippen molar-refractivity contribution in [2.45, 2.75) is 38.7 Å². The number of nitrogens with zero attached hydrogens (tertiary/aromatic N) is 4. The van der Waals surface area contributed by atoms with Crippen LogP contribution in [0.2, 0.25) is 0 Å². The monoisotopic (exact) mass is 334 g/mol. The van der Waals surface area contributed by atoms with Gasteiger partial charge in [-0.2, -0.15) is 13.2 Å². The fourth-order valence-electron chi connectivity index (χ4n) is 3.02. The molecule has 0 amide bonds. The van der Waals surface area contributed by atoms with Crippen molar-refractivity contribution in [3.63, 3.8) is 0 Å². The molecule has 1 aromatic rings. The van der Waals surface area contributed by atoms with Crippen LogP contribution in [0.1, 0.15) is 19.2 Å². The maximum absolute atomic E-state index is 12.6. The summed E-state index contributed by atoms with van der Waals surface area (Å²) in [6, 6.07) is 0.407. The largest absolute Gasteiger partial charge is 0.406 e. The van der Waals surface area contributed by atoms with Crippen LogP contribution in [-0.4, -0.2) is 71.5 Å². The second-order valence-electron chi connectivity index (χ2n) is 5.91. The van der Waals surface area contributed by atoms with Gasteiger partial charge < -0.3 is 9.30 Å². The zero-order valence-corrected chi connectivity index (χ0v) is 13.7. The Hall–Kier alpha value is -1.12. The molecule has 8 heteroatoms. The van der Waals surface area contributed by atoms with E-state index in [0.29, 0.717) is 25.0 Å². The Morgan fingerprint density at radius 2 is 2.13 bits per heavy atom. The number of halogens is 3. The quantitative estimate of drug-likeness (QED) is 0.764. The van der Waals surface area contributed by atoms with E-state index in [9.17, 15) is 13.2 Å². The van der Waals surface area contributed by atoms with Gasteiger partial charge in [-0.25, -0.2) is 4.98 Å². The predicted molar refractivity (Wildman–Crippen MR) is 81.1 cm³/mol. The summed E-state index contributed by atoms with van der Waals surface area (Å²) in [6.45, 7) is 5.79. The van der Waals surface area contributed by atoms with Crippen LogP contribution < -0.4 is 0 Å². The van der Waals surface area contributed by atoms with Crippen molar-refractivity contribution in [3.05, 3.63) is 18.2 Å². The third-order valence-corrected chi connectivity index (χ3v) is 4.26. The minimum absolute atomic E-state index is 0.407. The van der Waals surface area contributed by atoms with Crippen LogP contribution in [0.3, 0.4) is 0 Å². The lowest BCUT2D eigenvalue weighted by atomic mass is 10.1. The second kappa shape index (κ2) is 8.12. The Bertz CT molecular complexity index is 478. The standard InChI is InChI=1S/C15H25F3N4O/c1-3-13-10-20(6-7-21(13)8-9-23-2)11-14-19-4-5-22(14)12-15(16,17)18/h4-5,13H,3,6-12H2,1-2H3/t13-/m1/s1. The van der Waals surface area contributed by atoms with E-state index in [-0.39, 0.29) is 0 Å². The third kappa shape index (κ3) is 5.47. The normalized spacial score (nSPS) is 21.0. The highest BCUT2D eigenvalue weighted by molar-refractivity contribution is 4.94. The maximum Gasteiger partial charge on any atom is 0.406 e. The van der Waals surface area contributed by atoms with E-state index in [1.165, 1.54) is 17.0 Å². The summed E-state index contributed by atoms with van der Waals surface area (Å²) in [5.41, 5.74) is 0. The molecule has 0 N–H and O–H groups in total. The zero-order valence-electron chi connectivity index (χ0n) is 13.7. The number of aromatic nitrogens is 2. The van der Waals surface area contributed by atoms with Crippen LogP contribution in [-0.2, 0) is 17.8 Å². The molecule has 0 unspecified atom stereocenters. The average Bonchev–Trinajstić information content (AvgIpc) is 2.90. The summed E-state index contributed by atoms with van der Waals surface area (Å²) in [5, 5.41) is 0. The minimum Gasteiger partial charge on any atom is -0.383 e. The molecule has 0 saturated carbocycles. The lowest BCUT2D eigenvalue weighted by Gasteiger charge is -2.41. The molecule has 1 saturated heterocycles. The molecule has 23 heavy (non-hydrogen) atoms. The van der Waals surface area contributed by atoms with Crippen molar-refractivity contribution in [1.82, 2.24) is 19.4 Å². The van der Waals surface area contributed by atoms with Gasteiger partial charge in [0.2, 0.25) is 0 Å². The summed E-state index contributed by atoms with van der Waals surface area (Å²) < 4.78 is 44.1. The lowest BCUT2D eigenvalue weighted by Crippen LogP contribution is -2.53. The Balaban J connectivity index is 1.93. The first-order chi connectivity index (χ1) is 10.9. The molecule has 2 rings (SSSR count). The Morgan fingerprint density at radius 3 is 2.78 bits per heavy atom. The first kappa shape index (κ1) is 18.2. The third-order valence-electron chi connectivity index (χ3n) is 4.26. The smallest absolute Gasteiger partial charge is 0.383 e. The first-order valence-electron chi connectivity index (χ1n) is 7.95. The first-order valence-corrected chi connectivity index (χ1v) is 7.95. The van der Waals surface area contributed by atoms with Gasteiger partial charge >= 0.3 is 6.18 Å². The highest BCUT2D eigenvalue weighted by atomic mass is 19.4.